The number of aliphatic imine (C=N–C) groups is 1. The molecule has 0 unspecified atom stereocenters. The number of nitrogens with zero attached hydrogens (tertiary/aromatic N) is 2. The van der Waals surface area contributed by atoms with Crippen molar-refractivity contribution in [2.24, 2.45) is 4.99 Å². The normalized spacial score (nSPS) is 11.0. The SMILES string of the molecule is O=C([O-])c1cccc(N=Cc2c(O)n(-c3ccc(Cl)cc3)c(=O)[nH]c2=O)c1. The van der Waals surface area contributed by atoms with Gasteiger partial charge in [-0.1, -0.05) is 23.7 Å². The van der Waals surface area contributed by atoms with Gasteiger partial charge in [0.1, 0.15) is 5.56 Å². The summed E-state index contributed by atoms with van der Waals surface area (Å²) in [5.41, 5.74) is -1.54. The van der Waals surface area contributed by atoms with E-state index in [9.17, 15) is 24.6 Å². The number of aromatic carboxylic acids is 1. The van der Waals surface area contributed by atoms with Crippen LogP contribution in [0.4, 0.5) is 5.69 Å². The number of carbonyl (C=O) groups is 1. The number of nitrogens with one attached hydrogen (secondary N) is 1. The molecule has 9 heteroatoms. The number of H-pyrrole nitrogens is 1. The van der Waals surface area contributed by atoms with Gasteiger partial charge in [0.2, 0.25) is 5.88 Å². The average Bonchev–Trinajstić information content (AvgIpc) is 2.63. The molecule has 2 aromatic carbocycles. The lowest BCUT2D eigenvalue weighted by molar-refractivity contribution is -0.255. The number of aromatic nitrogens is 2. The number of hydrogen-bond donors (Lipinski definition) is 2. The molecule has 27 heavy (non-hydrogen) atoms. The highest BCUT2D eigenvalue weighted by Gasteiger charge is 2.14. The summed E-state index contributed by atoms with van der Waals surface area (Å²) in [6.45, 7) is 0. The highest BCUT2D eigenvalue weighted by atomic mass is 35.5. The molecule has 0 amide bonds. The van der Waals surface area contributed by atoms with Crippen LogP contribution in [-0.4, -0.2) is 26.8 Å². The van der Waals surface area contributed by atoms with Crippen molar-refractivity contribution in [3.8, 4) is 11.6 Å². The van der Waals surface area contributed by atoms with Gasteiger partial charge in [0.05, 0.1) is 17.3 Å². The first-order chi connectivity index (χ1) is 12.9. The van der Waals surface area contributed by atoms with Crippen LogP contribution >= 0.6 is 11.6 Å². The standard InChI is InChI=1S/C18H12ClN3O5/c19-11-4-6-13(7-5-11)22-16(24)14(15(23)21-18(22)27)9-20-12-3-1-2-10(8-12)17(25)26/h1-9,24H,(H,25,26)(H,21,23,27)/p-1. The van der Waals surface area contributed by atoms with Crippen LogP contribution < -0.4 is 16.4 Å². The van der Waals surface area contributed by atoms with Gasteiger partial charge in [0, 0.05) is 11.2 Å². The Bertz CT molecular complexity index is 1160. The molecule has 0 saturated carbocycles. The first kappa shape index (κ1) is 18.2. The number of aromatic amines is 1. The zero-order valence-corrected chi connectivity index (χ0v) is 14.3. The fraction of sp³-hybridized carbons (Fsp3) is 0. The van der Waals surface area contributed by atoms with Crippen molar-refractivity contribution in [3.05, 3.63) is 85.5 Å². The van der Waals surface area contributed by atoms with E-state index in [-0.39, 0.29) is 22.5 Å². The fourth-order valence-corrected chi connectivity index (χ4v) is 2.46. The van der Waals surface area contributed by atoms with Crippen LogP contribution in [0.15, 0.2) is 63.1 Å². The summed E-state index contributed by atoms with van der Waals surface area (Å²) >= 11 is 5.81. The molecule has 1 aromatic heterocycles. The van der Waals surface area contributed by atoms with E-state index in [0.717, 1.165) is 10.8 Å². The molecule has 0 aliphatic carbocycles. The molecule has 0 aliphatic heterocycles. The topological polar surface area (TPSA) is 128 Å². The second kappa shape index (κ2) is 7.30. The summed E-state index contributed by atoms with van der Waals surface area (Å²) in [4.78, 5) is 41.1. The van der Waals surface area contributed by atoms with Crippen molar-refractivity contribution in [1.82, 2.24) is 9.55 Å². The minimum absolute atomic E-state index is 0.0890. The van der Waals surface area contributed by atoms with Crippen molar-refractivity contribution in [3.63, 3.8) is 0 Å². The van der Waals surface area contributed by atoms with E-state index in [4.69, 9.17) is 11.6 Å². The van der Waals surface area contributed by atoms with Crippen molar-refractivity contribution in [2.45, 2.75) is 0 Å². The van der Waals surface area contributed by atoms with Gasteiger partial charge in [0.25, 0.3) is 5.56 Å². The van der Waals surface area contributed by atoms with Gasteiger partial charge in [-0.15, -0.1) is 0 Å². The Morgan fingerprint density at radius 2 is 1.89 bits per heavy atom. The Labute approximate surface area is 156 Å². The number of hydrogen-bond acceptors (Lipinski definition) is 6. The predicted octanol–water partition coefficient (Wildman–Crippen LogP) is 0.999. The molecule has 0 saturated heterocycles. The second-order valence-electron chi connectivity index (χ2n) is 5.40. The van der Waals surface area contributed by atoms with Gasteiger partial charge in [-0.3, -0.25) is 14.8 Å². The minimum atomic E-state index is -1.37. The van der Waals surface area contributed by atoms with Crippen LogP contribution in [0.2, 0.25) is 5.02 Å². The summed E-state index contributed by atoms with van der Waals surface area (Å²) in [6.07, 6.45) is 1.04. The summed E-state index contributed by atoms with van der Waals surface area (Å²) in [6, 6.07) is 11.6. The molecule has 1 heterocycles. The maximum atomic E-state index is 12.1. The molecule has 136 valence electrons. The van der Waals surface area contributed by atoms with Crippen molar-refractivity contribution in [1.29, 1.82) is 0 Å². The highest BCUT2D eigenvalue weighted by molar-refractivity contribution is 6.30. The number of carbonyl (C=O) groups excluding carboxylic acids is 1. The summed E-state index contributed by atoms with van der Waals surface area (Å²) in [7, 11) is 0. The average molecular weight is 385 g/mol. The highest BCUT2D eigenvalue weighted by Crippen LogP contribution is 2.19. The first-order valence-electron chi connectivity index (χ1n) is 7.56. The summed E-state index contributed by atoms with van der Waals surface area (Å²) in [5, 5.41) is 21.7. The molecule has 2 N–H and O–H groups in total. The maximum absolute atomic E-state index is 12.1. The van der Waals surface area contributed by atoms with Crippen molar-refractivity contribution < 1.29 is 15.0 Å². The molecule has 0 fully saturated rings. The number of benzene rings is 2. The molecular formula is C18H11ClN3O5-. The van der Waals surface area contributed by atoms with Gasteiger partial charge in [0.15, 0.2) is 0 Å². The van der Waals surface area contributed by atoms with Crippen LogP contribution in [0.25, 0.3) is 5.69 Å². The maximum Gasteiger partial charge on any atom is 0.335 e. The van der Waals surface area contributed by atoms with E-state index in [0.29, 0.717) is 5.02 Å². The van der Waals surface area contributed by atoms with E-state index in [1.165, 1.54) is 48.5 Å². The monoisotopic (exact) mass is 384 g/mol. The van der Waals surface area contributed by atoms with Crippen LogP contribution in [-0.2, 0) is 0 Å². The number of halogens is 1. The summed E-state index contributed by atoms with van der Waals surface area (Å²) < 4.78 is 0.886. The lowest BCUT2D eigenvalue weighted by Crippen LogP contribution is -2.31. The van der Waals surface area contributed by atoms with E-state index in [2.05, 4.69) is 9.98 Å². The quantitative estimate of drug-likeness (QED) is 0.648. The Balaban J connectivity index is 2.09. The molecule has 0 spiro atoms. The largest absolute Gasteiger partial charge is 0.545 e. The van der Waals surface area contributed by atoms with Crippen LogP contribution in [0, 0.1) is 0 Å². The molecule has 3 rings (SSSR count). The Morgan fingerprint density at radius 3 is 2.56 bits per heavy atom. The predicted molar refractivity (Wildman–Crippen MR) is 97.4 cm³/mol. The molecule has 0 aliphatic rings. The Morgan fingerprint density at radius 1 is 1.19 bits per heavy atom. The van der Waals surface area contributed by atoms with Gasteiger partial charge >= 0.3 is 5.69 Å². The third kappa shape index (κ3) is 3.80. The molecule has 3 aromatic rings. The molecule has 0 radical (unpaired) electrons. The van der Waals surface area contributed by atoms with E-state index >= 15 is 0 Å². The number of carboxylic acids is 1. The number of carboxylic acid groups (broad SMARTS) is 1. The van der Waals surface area contributed by atoms with E-state index in [1.807, 2.05) is 0 Å². The Hall–Kier alpha value is -3.65. The van der Waals surface area contributed by atoms with Crippen LogP contribution in [0.1, 0.15) is 15.9 Å². The molecule has 0 bridgehead atoms. The van der Waals surface area contributed by atoms with Gasteiger partial charge in [-0.2, -0.15) is 0 Å². The fourth-order valence-electron chi connectivity index (χ4n) is 2.34. The lowest BCUT2D eigenvalue weighted by atomic mass is 10.2. The number of aromatic hydroxyl groups is 1. The van der Waals surface area contributed by atoms with Gasteiger partial charge in [-0.05, 0) is 42.0 Å². The Kier molecular flexibility index (Phi) is 4.91. The third-order valence-electron chi connectivity index (χ3n) is 3.63. The summed E-state index contributed by atoms with van der Waals surface area (Å²) in [5.74, 6) is -1.99. The van der Waals surface area contributed by atoms with Gasteiger partial charge in [-0.25, -0.2) is 9.36 Å². The minimum Gasteiger partial charge on any atom is -0.545 e. The van der Waals surface area contributed by atoms with E-state index in [1.54, 1.807) is 0 Å². The molecular weight excluding hydrogens is 374 g/mol. The van der Waals surface area contributed by atoms with Crippen LogP contribution in [0.5, 0.6) is 5.88 Å². The van der Waals surface area contributed by atoms with Gasteiger partial charge < -0.3 is 15.0 Å². The smallest absolute Gasteiger partial charge is 0.335 e. The third-order valence-corrected chi connectivity index (χ3v) is 3.88. The second-order valence-corrected chi connectivity index (χ2v) is 5.84. The molecule has 8 nitrogen and oxygen atoms in total. The zero-order chi connectivity index (χ0) is 19.6. The van der Waals surface area contributed by atoms with Crippen LogP contribution in [0.3, 0.4) is 0 Å². The zero-order valence-electron chi connectivity index (χ0n) is 13.5. The van der Waals surface area contributed by atoms with Crippen molar-refractivity contribution >= 4 is 29.5 Å². The number of rotatable bonds is 4. The molecule has 0 atom stereocenters. The lowest BCUT2D eigenvalue weighted by Gasteiger charge is -2.09. The van der Waals surface area contributed by atoms with Crippen molar-refractivity contribution in [2.75, 3.05) is 0 Å². The van der Waals surface area contributed by atoms with E-state index < -0.39 is 23.1 Å². The first-order valence-corrected chi connectivity index (χ1v) is 7.94.